The molecule has 0 bridgehead atoms. The lowest BCUT2D eigenvalue weighted by molar-refractivity contribution is 0.670. The van der Waals surface area contributed by atoms with Crippen LogP contribution in [0.15, 0.2) is 499 Å². The number of benzene rings is 25. The smallest absolute Gasteiger partial charge is 0.143 e. The molecule has 25 aromatic carbocycles. The summed E-state index contributed by atoms with van der Waals surface area (Å²) in [6.07, 6.45) is 0. The highest BCUT2D eigenvalue weighted by molar-refractivity contribution is 6.29. The maximum Gasteiger partial charge on any atom is 0.143 e. The minimum absolute atomic E-state index is 0.900. The molecule has 0 aliphatic rings. The average molecular weight is 1720 g/mol. The summed E-state index contributed by atoms with van der Waals surface area (Å²) in [6, 6.07) is 175. The van der Waals surface area contributed by atoms with E-state index in [4.69, 9.17) is 20.6 Å². The van der Waals surface area contributed by atoms with Crippen LogP contribution in [0.4, 0.5) is 0 Å². The predicted molar refractivity (Wildman–Crippen MR) is 576 cm³/mol. The number of rotatable bonds is 9. The molecule has 0 spiro atoms. The SMILES string of the molecule is [2H]C.[2H][2H].[2H][2H].c1ccc(-c2c3ccccc3c(-c3cccc4c3oc3cc(-c5ccc6ccc7ccccc7c6c5)ccc34)c3ccccc23)cc1.c1ccc(-c2c3ccccc3c(-c3cccc4c3oc3ccc(-c5cccc6ccccc56)cc34)c3ccccc23)cc1.c1ccc(-c2ccc3c(c2)oc2c(-c4c5ccccc5c(-c5cccc6ccccc56)c5ccccc45)cccc23)cc1. The molecule has 0 aliphatic carbocycles. The zero-order chi connectivity index (χ0) is 93.6. The Kier molecular flexibility index (Phi) is 18.4. The van der Waals surface area contributed by atoms with Gasteiger partial charge in [0, 0.05) is 73.0 Å². The van der Waals surface area contributed by atoms with E-state index in [1.54, 1.807) is 0 Å². The Morgan fingerprint density at radius 3 is 0.821 bits per heavy atom. The molecule has 134 heavy (non-hydrogen) atoms. The van der Waals surface area contributed by atoms with Crippen molar-refractivity contribution in [3.05, 3.63) is 485 Å². The van der Waals surface area contributed by atoms with Crippen LogP contribution >= 0.6 is 0 Å². The first-order chi connectivity index (χ1) is 69.0. The van der Waals surface area contributed by atoms with E-state index in [0.717, 1.165) is 93.6 Å². The van der Waals surface area contributed by atoms with Crippen LogP contribution in [-0.4, -0.2) is 0 Å². The van der Waals surface area contributed by atoms with Gasteiger partial charge >= 0.3 is 0 Å². The van der Waals surface area contributed by atoms with Crippen LogP contribution in [-0.2, 0) is 0 Å². The molecule has 0 amide bonds. The van der Waals surface area contributed by atoms with Gasteiger partial charge in [-0.2, -0.15) is 0 Å². The van der Waals surface area contributed by atoms with E-state index >= 15 is 0 Å². The molecule has 28 aromatic rings. The third-order valence-corrected chi connectivity index (χ3v) is 27.6. The zero-order valence-corrected chi connectivity index (χ0v) is 73.4. The molecule has 630 valence electrons. The fraction of sp³-hybridized carbons (Fsp3) is 0.00763. The normalized spacial score (nSPS) is 11.8. The maximum absolute atomic E-state index is 6.87. The third-order valence-electron chi connectivity index (χ3n) is 27.6. The summed E-state index contributed by atoms with van der Waals surface area (Å²) in [7, 11) is 1.25. The van der Waals surface area contributed by atoms with Gasteiger partial charge in [-0.1, -0.05) is 450 Å². The molecule has 28 rings (SSSR count). The summed E-state index contributed by atoms with van der Waals surface area (Å²) < 4.78 is 46.1. The Morgan fingerprint density at radius 1 is 0.142 bits per heavy atom. The van der Waals surface area contributed by atoms with Crippen LogP contribution in [0.3, 0.4) is 0 Å². The number of fused-ring (bicyclic) bond motifs is 20. The highest BCUT2D eigenvalue weighted by atomic mass is 16.3. The van der Waals surface area contributed by atoms with E-state index in [9.17, 15) is 0 Å². The van der Waals surface area contributed by atoms with Crippen molar-refractivity contribution in [2.45, 2.75) is 7.40 Å². The van der Waals surface area contributed by atoms with E-state index in [-0.39, 0.29) is 0 Å². The predicted octanol–water partition coefficient (Wildman–Crippen LogP) is 38.4. The molecule has 3 nitrogen and oxygen atoms in total. The van der Waals surface area contributed by atoms with E-state index in [1.165, 1.54) is 187 Å². The molecule has 3 heteroatoms. The zero-order valence-electron chi connectivity index (χ0n) is 78.4. The maximum atomic E-state index is 6.87. The Labute approximate surface area is 781 Å². The van der Waals surface area contributed by atoms with Gasteiger partial charge < -0.3 is 13.3 Å². The van der Waals surface area contributed by atoms with E-state index in [1.807, 2.05) is 0 Å². The first-order valence-corrected chi connectivity index (χ1v) is 45.7. The number of para-hydroxylation sites is 3. The lowest BCUT2D eigenvalue weighted by Crippen LogP contribution is -1.91. The van der Waals surface area contributed by atoms with Crippen LogP contribution in [0.2, 0.25) is 0 Å². The first kappa shape index (κ1) is 75.5. The van der Waals surface area contributed by atoms with E-state index in [2.05, 4.69) is 485 Å². The van der Waals surface area contributed by atoms with Gasteiger partial charge in [-0.3, -0.25) is 0 Å². The molecule has 0 aliphatic heterocycles. The summed E-state index contributed by atoms with van der Waals surface area (Å²) in [5, 5.41) is 31.7. The van der Waals surface area contributed by atoms with Gasteiger partial charge in [0.2, 0.25) is 0 Å². The molecule has 0 N–H and O–H groups in total. The monoisotopic (exact) mass is 1710 g/mol. The fourth-order valence-electron chi connectivity index (χ4n) is 21.6. The van der Waals surface area contributed by atoms with Gasteiger partial charge in [-0.15, -0.1) is 0 Å². The van der Waals surface area contributed by atoms with Gasteiger partial charge in [0.1, 0.15) is 33.5 Å². The van der Waals surface area contributed by atoms with Gasteiger partial charge in [0.15, 0.2) is 0 Å². The van der Waals surface area contributed by atoms with Crippen LogP contribution < -0.4 is 0 Å². The van der Waals surface area contributed by atoms with Crippen molar-refractivity contribution in [1.82, 2.24) is 0 Å². The molecular weight excluding hydrogens is 1620 g/mol. The Balaban J connectivity index is 0.000000114. The number of hydrogen-bond acceptors (Lipinski definition) is 3. The van der Waals surface area contributed by atoms with Crippen LogP contribution in [0, 0.1) is 0 Å². The summed E-state index contributed by atoms with van der Waals surface area (Å²) in [5.41, 5.74) is 27.1. The highest BCUT2D eigenvalue weighted by Crippen LogP contribution is 2.53. The van der Waals surface area contributed by atoms with Gasteiger partial charge in [-0.25, -0.2) is 0 Å². The molecule has 0 saturated heterocycles. The van der Waals surface area contributed by atoms with Crippen LogP contribution in [0.25, 0.3) is 274 Å². The average Bonchev–Trinajstić information content (AvgIpc) is 1.71. The van der Waals surface area contributed by atoms with Crippen molar-refractivity contribution < 1.29 is 20.6 Å². The minimum atomic E-state index is 0.900. The van der Waals surface area contributed by atoms with Gasteiger partial charge in [0.05, 0.1) is 0 Å². The standard InChI is InChI=1S/C46H28O.2C42H26O.CH4.2H2/c1-2-12-31(13-3-1)44-36-15-6-8-17-38(36)45(39-18-9-7-16-37(39)44)41-20-10-19-40-35-26-25-33(28-43(35)47-46(40)41)32-24-23-30-22-21-29-11-4-5-14-34(29)42(30)27-32;1-2-13-28(14-3-1)40-32-17-6-8-19-34(32)41(35-20-9-7-18-33(35)40)37-23-11-22-36-38-26-29(24-25-39(38)43-42(36)37)31-21-10-15-27-12-4-5-16-30(27)31;1-2-12-27(13-3-1)29-24-25-31-37-22-11-23-38(42(37)43-39(31)26-29)41-35-19-8-6-17-33(35)40(34-18-7-9-20-36(34)41)32-21-10-15-28-14-4-5-16-30(28)32;;;/h1-28H;2*1-26H;1H4;2*1H/i;;;1D;2*1+1D. The molecular formula is C131H88O3. The van der Waals surface area contributed by atoms with Crippen molar-refractivity contribution in [1.29, 1.82) is 0 Å². The summed E-state index contributed by atoms with van der Waals surface area (Å²) in [4.78, 5) is 0. The topological polar surface area (TPSA) is 39.4 Å². The van der Waals surface area contributed by atoms with Crippen molar-refractivity contribution in [2.75, 3.05) is 0 Å². The number of furan rings is 3. The largest absolute Gasteiger partial charge is 0.455 e. The Bertz CT molecular complexity index is 9440. The molecule has 0 atom stereocenters. The lowest BCUT2D eigenvalue weighted by atomic mass is 9.84. The van der Waals surface area contributed by atoms with Crippen molar-refractivity contribution in [2.24, 2.45) is 0 Å². The molecule has 3 heterocycles. The summed E-state index contributed by atoms with van der Waals surface area (Å²) in [6.45, 7) is 0. The van der Waals surface area contributed by atoms with Crippen molar-refractivity contribution in [3.8, 4) is 100 Å². The second kappa shape index (κ2) is 32.6. The second-order valence-electron chi connectivity index (χ2n) is 34.9. The van der Waals surface area contributed by atoms with Crippen LogP contribution in [0.5, 0.6) is 0 Å². The second-order valence-corrected chi connectivity index (χ2v) is 34.9. The van der Waals surface area contributed by atoms with Crippen LogP contribution in [0.1, 0.15) is 14.7 Å². The molecule has 3 aromatic heterocycles. The van der Waals surface area contributed by atoms with E-state index < -0.39 is 0 Å². The van der Waals surface area contributed by atoms with Crippen molar-refractivity contribution in [3.63, 3.8) is 0 Å². The Morgan fingerprint density at radius 2 is 0.396 bits per heavy atom. The molecule has 0 fully saturated rings. The van der Waals surface area contributed by atoms with Crippen molar-refractivity contribution >= 4 is 174 Å². The first-order valence-electron chi connectivity index (χ1n) is 48.7. The number of hydrogen-bond donors (Lipinski definition) is 0. The molecule has 0 unspecified atom stereocenters. The minimum Gasteiger partial charge on any atom is -0.455 e. The van der Waals surface area contributed by atoms with Gasteiger partial charge in [-0.05, 0) is 217 Å². The highest BCUT2D eigenvalue weighted by Gasteiger charge is 2.27. The molecule has 0 saturated carbocycles. The van der Waals surface area contributed by atoms with Gasteiger partial charge in [0.25, 0.3) is 0 Å². The fourth-order valence-corrected chi connectivity index (χ4v) is 21.6. The third kappa shape index (κ3) is 13.0. The summed E-state index contributed by atoms with van der Waals surface area (Å²) in [5.74, 6) is 0. The lowest BCUT2D eigenvalue weighted by Gasteiger charge is -2.18. The quantitative estimate of drug-likeness (QED) is 0.107. The van der Waals surface area contributed by atoms with E-state index in [0.29, 0.717) is 0 Å². The summed E-state index contributed by atoms with van der Waals surface area (Å²) >= 11 is 0. The Hall–Kier alpha value is -17.5. The molecule has 0 radical (unpaired) electrons.